The Kier molecular flexibility index (Phi) is 7.03. The number of amides is 1. The standard InChI is InChI=1S/C28H29FN4O4/c1-19-15-21(29)17-22(16-19)33-28(36)26(37-23-9-5-6-10-23)24(18-30-33)31-11-13-32(14-12-31)27(35)25(34)20-7-3-2-4-8-20/h2-4,7-8,15-18,23H,5-6,9-14H2,1H3. The molecule has 2 aliphatic rings. The first-order chi connectivity index (χ1) is 17.9. The third kappa shape index (κ3) is 5.26. The van der Waals surface area contributed by atoms with E-state index in [9.17, 15) is 18.8 Å². The molecular formula is C28H29FN4O4. The van der Waals surface area contributed by atoms with Gasteiger partial charge in [-0.1, -0.05) is 30.3 Å². The minimum Gasteiger partial charge on any atom is -0.483 e. The lowest BCUT2D eigenvalue weighted by Crippen LogP contribution is -2.51. The molecule has 2 heterocycles. The molecule has 1 saturated heterocycles. The molecule has 37 heavy (non-hydrogen) atoms. The fraction of sp³-hybridized carbons (Fsp3) is 0.357. The summed E-state index contributed by atoms with van der Waals surface area (Å²) in [6.07, 6.45) is 5.31. The lowest BCUT2D eigenvalue weighted by atomic mass is 10.1. The van der Waals surface area contributed by atoms with Gasteiger partial charge in [-0.25, -0.2) is 4.39 Å². The number of carbonyl (C=O) groups excluding carboxylic acids is 2. The second-order valence-corrected chi connectivity index (χ2v) is 9.56. The molecule has 2 fully saturated rings. The molecule has 2 aromatic carbocycles. The molecule has 1 aliphatic carbocycles. The molecule has 1 aliphatic heterocycles. The van der Waals surface area contributed by atoms with Gasteiger partial charge in [-0.05, 0) is 56.4 Å². The third-order valence-corrected chi connectivity index (χ3v) is 6.91. The zero-order chi connectivity index (χ0) is 25.9. The molecule has 8 nitrogen and oxygen atoms in total. The average molecular weight is 505 g/mol. The summed E-state index contributed by atoms with van der Waals surface area (Å²) < 4.78 is 21.5. The van der Waals surface area contributed by atoms with E-state index in [4.69, 9.17) is 4.74 Å². The second kappa shape index (κ2) is 10.5. The molecule has 5 rings (SSSR count). The van der Waals surface area contributed by atoms with Crippen LogP contribution in [0.25, 0.3) is 5.69 Å². The topological polar surface area (TPSA) is 84.7 Å². The van der Waals surface area contributed by atoms with Crippen LogP contribution in [0.3, 0.4) is 0 Å². The zero-order valence-electron chi connectivity index (χ0n) is 20.7. The molecule has 1 aromatic heterocycles. The van der Waals surface area contributed by atoms with E-state index in [1.165, 1.54) is 21.7 Å². The molecule has 3 aromatic rings. The van der Waals surface area contributed by atoms with Crippen LogP contribution in [0.15, 0.2) is 59.5 Å². The van der Waals surface area contributed by atoms with Crippen molar-refractivity contribution in [2.45, 2.75) is 38.7 Å². The predicted octanol–water partition coefficient (Wildman–Crippen LogP) is 3.53. The monoisotopic (exact) mass is 504 g/mol. The number of anilines is 1. The molecule has 0 radical (unpaired) electrons. The van der Waals surface area contributed by atoms with Gasteiger partial charge in [0, 0.05) is 31.7 Å². The van der Waals surface area contributed by atoms with Crippen LogP contribution in [0.1, 0.15) is 41.6 Å². The molecule has 0 bridgehead atoms. The molecule has 0 atom stereocenters. The van der Waals surface area contributed by atoms with E-state index in [-0.39, 0.29) is 11.9 Å². The highest BCUT2D eigenvalue weighted by Gasteiger charge is 2.30. The van der Waals surface area contributed by atoms with Crippen molar-refractivity contribution in [1.29, 1.82) is 0 Å². The number of hydrogen-bond acceptors (Lipinski definition) is 6. The van der Waals surface area contributed by atoms with E-state index in [1.54, 1.807) is 49.5 Å². The summed E-state index contributed by atoms with van der Waals surface area (Å²) in [5.74, 6) is -1.34. The lowest BCUT2D eigenvalue weighted by Gasteiger charge is -2.36. The molecule has 1 amide bonds. The van der Waals surface area contributed by atoms with E-state index in [0.29, 0.717) is 48.7 Å². The van der Waals surface area contributed by atoms with Gasteiger partial charge in [0.05, 0.1) is 18.0 Å². The Morgan fingerprint density at radius 1 is 1.00 bits per heavy atom. The molecule has 9 heteroatoms. The number of hydrogen-bond donors (Lipinski definition) is 0. The maximum atomic E-state index is 14.1. The van der Waals surface area contributed by atoms with Crippen molar-refractivity contribution in [3.8, 4) is 11.4 Å². The SMILES string of the molecule is Cc1cc(F)cc(-n2ncc(N3CCN(C(=O)C(=O)c4ccccc4)CC3)c(OC3CCCC3)c2=O)c1. The number of benzene rings is 2. The molecule has 0 N–H and O–H groups in total. The fourth-order valence-corrected chi connectivity index (χ4v) is 4.97. The van der Waals surface area contributed by atoms with E-state index in [2.05, 4.69) is 5.10 Å². The third-order valence-electron chi connectivity index (χ3n) is 6.91. The van der Waals surface area contributed by atoms with E-state index >= 15 is 0 Å². The summed E-state index contributed by atoms with van der Waals surface area (Å²) in [6, 6.07) is 12.9. The number of ether oxygens (including phenoxy) is 1. The van der Waals surface area contributed by atoms with Gasteiger partial charge in [-0.2, -0.15) is 9.78 Å². The van der Waals surface area contributed by atoms with Crippen LogP contribution < -0.4 is 15.2 Å². The Hall–Kier alpha value is -4.01. The number of rotatable bonds is 6. The number of ketones is 1. The van der Waals surface area contributed by atoms with Crippen molar-refractivity contribution in [3.05, 3.63) is 82.0 Å². The summed E-state index contributed by atoms with van der Waals surface area (Å²) in [5.41, 5.74) is 1.47. The van der Waals surface area contributed by atoms with Crippen LogP contribution in [0, 0.1) is 12.7 Å². The molecular weight excluding hydrogens is 475 g/mol. The Bertz CT molecular complexity index is 1340. The molecule has 0 unspecified atom stereocenters. The van der Waals surface area contributed by atoms with Gasteiger partial charge in [0.15, 0.2) is 0 Å². The van der Waals surface area contributed by atoms with Crippen molar-refractivity contribution in [3.63, 3.8) is 0 Å². The first-order valence-electron chi connectivity index (χ1n) is 12.6. The Balaban J connectivity index is 1.39. The lowest BCUT2D eigenvalue weighted by molar-refractivity contribution is -0.126. The number of halogens is 1. The smallest absolute Gasteiger partial charge is 0.316 e. The Labute approximate surface area is 214 Å². The van der Waals surface area contributed by atoms with Gasteiger partial charge < -0.3 is 14.5 Å². The van der Waals surface area contributed by atoms with Gasteiger partial charge in [0.1, 0.15) is 11.5 Å². The number of Topliss-reactive ketones (excluding diaryl/α,β-unsaturated/α-hetero) is 1. The maximum Gasteiger partial charge on any atom is 0.316 e. The normalized spacial score (nSPS) is 16.2. The maximum absolute atomic E-state index is 14.1. The summed E-state index contributed by atoms with van der Waals surface area (Å²) in [4.78, 5) is 42.5. The van der Waals surface area contributed by atoms with Crippen LogP contribution in [0.4, 0.5) is 10.1 Å². The summed E-state index contributed by atoms with van der Waals surface area (Å²) >= 11 is 0. The van der Waals surface area contributed by atoms with Gasteiger partial charge in [0.25, 0.3) is 5.91 Å². The van der Waals surface area contributed by atoms with Crippen molar-refractivity contribution in [2.75, 3.05) is 31.1 Å². The van der Waals surface area contributed by atoms with Gasteiger partial charge in [0.2, 0.25) is 11.5 Å². The van der Waals surface area contributed by atoms with E-state index < -0.39 is 23.1 Å². The highest BCUT2D eigenvalue weighted by Crippen LogP contribution is 2.30. The Morgan fingerprint density at radius 3 is 2.38 bits per heavy atom. The first kappa shape index (κ1) is 24.7. The summed E-state index contributed by atoms with van der Waals surface area (Å²) in [5, 5.41) is 4.34. The van der Waals surface area contributed by atoms with E-state index in [0.717, 1.165) is 25.7 Å². The Morgan fingerprint density at radius 2 is 1.70 bits per heavy atom. The molecule has 0 spiro atoms. The molecule has 192 valence electrons. The highest BCUT2D eigenvalue weighted by molar-refractivity contribution is 6.42. The highest BCUT2D eigenvalue weighted by atomic mass is 19.1. The van der Waals surface area contributed by atoms with Crippen LogP contribution in [0.2, 0.25) is 0 Å². The molecule has 1 saturated carbocycles. The van der Waals surface area contributed by atoms with Crippen LogP contribution in [-0.4, -0.2) is 58.7 Å². The van der Waals surface area contributed by atoms with Crippen molar-refractivity contribution in [2.24, 2.45) is 0 Å². The average Bonchev–Trinajstić information content (AvgIpc) is 3.42. The van der Waals surface area contributed by atoms with Crippen LogP contribution >= 0.6 is 0 Å². The van der Waals surface area contributed by atoms with Gasteiger partial charge in [-0.15, -0.1) is 0 Å². The zero-order valence-corrected chi connectivity index (χ0v) is 20.7. The van der Waals surface area contributed by atoms with Crippen LogP contribution in [0.5, 0.6) is 5.75 Å². The number of aryl methyl sites for hydroxylation is 1. The van der Waals surface area contributed by atoms with Crippen molar-refractivity contribution >= 4 is 17.4 Å². The van der Waals surface area contributed by atoms with Gasteiger partial charge >= 0.3 is 5.56 Å². The summed E-state index contributed by atoms with van der Waals surface area (Å²) in [7, 11) is 0. The minimum atomic E-state index is -0.539. The van der Waals surface area contributed by atoms with E-state index in [1.807, 2.05) is 4.90 Å². The van der Waals surface area contributed by atoms with Crippen molar-refractivity contribution in [1.82, 2.24) is 14.7 Å². The number of aromatic nitrogens is 2. The quantitative estimate of drug-likeness (QED) is 0.377. The number of piperazine rings is 1. The first-order valence-corrected chi connectivity index (χ1v) is 12.6. The second-order valence-electron chi connectivity index (χ2n) is 9.56. The van der Waals surface area contributed by atoms with Gasteiger partial charge in [-0.3, -0.25) is 14.4 Å². The number of nitrogens with zero attached hydrogens (tertiary/aromatic N) is 4. The summed E-state index contributed by atoms with van der Waals surface area (Å²) in [6.45, 7) is 3.24. The van der Waals surface area contributed by atoms with Crippen molar-refractivity contribution < 1.29 is 18.7 Å². The number of carbonyl (C=O) groups is 2. The predicted molar refractivity (Wildman–Crippen MR) is 137 cm³/mol. The largest absolute Gasteiger partial charge is 0.483 e. The minimum absolute atomic E-state index is 0.0668. The fourth-order valence-electron chi connectivity index (χ4n) is 4.97. The van der Waals surface area contributed by atoms with Crippen LogP contribution in [-0.2, 0) is 4.79 Å².